The number of nitrogens with zero attached hydrogens (tertiary/aromatic N) is 2. The van der Waals surface area contributed by atoms with Crippen molar-refractivity contribution < 1.29 is 14.3 Å². The lowest BCUT2D eigenvalue weighted by Crippen LogP contribution is -2.32. The second kappa shape index (κ2) is 7.25. The standard InChI is InChI=1S/C15H10BrN3O4S/c1-23-12(20)6-11-14(22)19(9-4-2-8(16)3-5-9)15(24-11)10(7-17)13(18)21/h2-6H,1H3,(H2,18,21). The van der Waals surface area contributed by atoms with Crippen LogP contribution in [0.3, 0.4) is 0 Å². The van der Waals surface area contributed by atoms with Crippen LogP contribution in [-0.4, -0.2) is 23.6 Å². The molecule has 0 saturated heterocycles. The fraction of sp³-hybridized carbons (Fsp3) is 0.0667. The number of esters is 1. The molecule has 0 spiro atoms. The van der Waals surface area contributed by atoms with Gasteiger partial charge in [0.1, 0.15) is 15.3 Å². The number of methoxy groups -OCH3 is 1. The van der Waals surface area contributed by atoms with Gasteiger partial charge in [0.15, 0.2) is 5.57 Å². The Morgan fingerprint density at radius 3 is 2.50 bits per heavy atom. The van der Waals surface area contributed by atoms with Gasteiger partial charge in [-0.3, -0.25) is 14.2 Å². The molecule has 24 heavy (non-hydrogen) atoms. The van der Waals surface area contributed by atoms with Crippen molar-refractivity contribution in [2.75, 3.05) is 7.11 Å². The number of carbonyl (C=O) groups excluding carboxylic acids is 2. The van der Waals surface area contributed by atoms with E-state index in [1.54, 1.807) is 30.3 Å². The van der Waals surface area contributed by atoms with E-state index in [-0.39, 0.29) is 14.8 Å². The zero-order chi connectivity index (χ0) is 17.9. The molecule has 0 atom stereocenters. The first-order valence-corrected chi connectivity index (χ1v) is 8.01. The summed E-state index contributed by atoms with van der Waals surface area (Å²) in [6.45, 7) is 0. The number of amides is 1. The first-order valence-electron chi connectivity index (χ1n) is 6.40. The number of ether oxygens (including phenoxy) is 1. The van der Waals surface area contributed by atoms with Crippen molar-refractivity contribution in [1.82, 2.24) is 4.57 Å². The Kier molecular flexibility index (Phi) is 5.33. The number of primary amides is 1. The Labute approximate surface area is 148 Å². The lowest BCUT2D eigenvalue weighted by molar-refractivity contribution is -0.133. The van der Waals surface area contributed by atoms with Crippen LogP contribution in [0.1, 0.15) is 0 Å². The van der Waals surface area contributed by atoms with Crippen LogP contribution in [0, 0.1) is 11.3 Å². The van der Waals surface area contributed by atoms with Crippen LogP contribution in [0.5, 0.6) is 0 Å². The summed E-state index contributed by atoms with van der Waals surface area (Å²) in [5.41, 5.74) is 4.72. The summed E-state index contributed by atoms with van der Waals surface area (Å²) in [5.74, 6) is -1.69. The van der Waals surface area contributed by atoms with Crippen LogP contribution in [-0.2, 0) is 14.3 Å². The number of hydrogen-bond donors (Lipinski definition) is 1. The molecule has 0 aliphatic rings. The molecule has 0 aliphatic carbocycles. The summed E-state index contributed by atoms with van der Waals surface area (Å²) in [6, 6.07) is 8.35. The van der Waals surface area contributed by atoms with Gasteiger partial charge in [-0.25, -0.2) is 4.79 Å². The van der Waals surface area contributed by atoms with E-state index in [1.807, 2.05) is 0 Å². The zero-order valence-corrected chi connectivity index (χ0v) is 14.7. The molecule has 122 valence electrons. The van der Waals surface area contributed by atoms with Crippen molar-refractivity contribution in [3.8, 4) is 11.8 Å². The van der Waals surface area contributed by atoms with Crippen LogP contribution < -0.4 is 20.5 Å². The van der Waals surface area contributed by atoms with Crippen LogP contribution in [0.2, 0.25) is 0 Å². The Balaban J connectivity index is 2.97. The summed E-state index contributed by atoms with van der Waals surface area (Å²) in [6.07, 6.45) is 1.00. The lowest BCUT2D eigenvalue weighted by Gasteiger charge is -2.02. The molecule has 0 unspecified atom stereocenters. The predicted octanol–water partition coefficient (Wildman–Crippen LogP) is -0.225. The van der Waals surface area contributed by atoms with Gasteiger partial charge < -0.3 is 10.5 Å². The average Bonchev–Trinajstić information content (AvgIpc) is 2.85. The molecule has 1 amide bonds. The van der Waals surface area contributed by atoms with Gasteiger partial charge in [0.2, 0.25) is 0 Å². The number of nitriles is 1. The highest BCUT2D eigenvalue weighted by Gasteiger charge is 2.15. The van der Waals surface area contributed by atoms with E-state index in [0.717, 1.165) is 26.5 Å². The normalized spacial score (nSPS) is 12.5. The smallest absolute Gasteiger partial charge is 0.332 e. The first-order chi connectivity index (χ1) is 11.4. The number of aromatic nitrogens is 1. The minimum absolute atomic E-state index is 0.0220. The van der Waals surface area contributed by atoms with Gasteiger partial charge >= 0.3 is 5.97 Å². The number of benzene rings is 1. The quantitative estimate of drug-likeness (QED) is 0.705. The van der Waals surface area contributed by atoms with E-state index < -0.39 is 17.4 Å². The molecule has 2 aromatic rings. The Bertz CT molecular complexity index is 1030. The Morgan fingerprint density at radius 1 is 1.38 bits per heavy atom. The molecular weight excluding hydrogens is 398 g/mol. The SMILES string of the molecule is COC(=O)C=c1sc(=C(C#N)C(N)=O)n(-c2ccc(Br)cc2)c1=O. The molecule has 0 fully saturated rings. The fourth-order valence-corrected chi connectivity index (χ4v) is 3.18. The Hall–Kier alpha value is -2.70. The third kappa shape index (κ3) is 3.45. The number of hydrogen-bond acceptors (Lipinski definition) is 6. The summed E-state index contributed by atoms with van der Waals surface area (Å²) < 4.78 is 6.53. The molecule has 0 radical (unpaired) electrons. The van der Waals surface area contributed by atoms with E-state index in [1.165, 1.54) is 7.11 Å². The van der Waals surface area contributed by atoms with Crippen molar-refractivity contribution in [3.63, 3.8) is 0 Å². The van der Waals surface area contributed by atoms with Crippen LogP contribution >= 0.6 is 27.3 Å². The maximum Gasteiger partial charge on any atom is 0.332 e. The third-order valence-electron chi connectivity index (χ3n) is 2.93. The first kappa shape index (κ1) is 17.7. The van der Waals surface area contributed by atoms with E-state index in [0.29, 0.717) is 5.69 Å². The molecule has 1 aromatic heterocycles. The third-order valence-corrected chi connectivity index (χ3v) is 4.55. The maximum absolute atomic E-state index is 12.6. The van der Waals surface area contributed by atoms with Crippen molar-refractivity contribution in [2.24, 2.45) is 5.73 Å². The monoisotopic (exact) mass is 407 g/mol. The second-order valence-electron chi connectivity index (χ2n) is 4.41. The predicted molar refractivity (Wildman–Crippen MR) is 91.6 cm³/mol. The maximum atomic E-state index is 12.6. The van der Waals surface area contributed by atoms with Crippen molar-refractivity contribution in [2.45, 2.75) is 0 Å². The van der Waals surface area contributed by atoms with Gasteiger partial charge in [0.05, 0.1) is 12.8 Å². The van der Waals surface area contributed by atoms with E-state index in [2.05, 4.69) is 20.7 Å². The Morgan fingerprint density at radius 2 is 2.00 bits per heavy atom. The average molecular weight is 408 g/mol. The van der Waals surface area contributed by atoms with E-state index in [4.69, 9.17) is 5.73 Å². The summed E-state index contributed by atoms with van der Waals surface area (Å²) >= 11 is 4.10. The minimum atomic E-state index is -0.964. The minimum Gasteiger partial charge on any atom is -0.466 e. The van der Waals surface area contributed by atoms with Gasteiger partial charge in [-0.15, -0.1) is 11.3 Å². The van der Waals surface area contributed by atoms with E-state index in [9.17, 15) is 19.6 Å². The topological polar surface area (TPSA) is 115 Å². The van der Waals surface area contributed by atoms with Crippen LogP contribution in [0.4, 0.5) is 0 Å². The molecule has 0 aliphatic heterocycles. The molecule has 2 rings (SSSR count). The highest BCUT2D eigenvalue weighted by Crippen LogP contribution is 2.12. The van der Waals surface area contributed by atoms with Gasteiger partial charge in [-0.1, -0.05) is 15.9 Å². The highest BCUT2D eigenvalue weighted by atomic mass is 79.9. The van der Waals surface area contributed by atoms with Crippen molar-refractivity contribution >= 4 is 50.8 Å². The largest absolute Gasteiger partial charge is 0.466 e. The van der Waals surface area contributed by atoms with Gasteiger partial charge in [0, 0.05) is 10.5 Å². The molecule has 2 N–H and O–H groups in total. The fourth-order valence-electron chi connectivity index (χ4n) is 1.85. The molecule has 1 aromatic carbocycles. The number of halogens is 1. The number of rotatable bonds is 3. The number of carbonyl (C=O) groups is 2. The van der Waals surface area contributed by atoms with Gasteiger partial charge in [0.25, 0.3) is 11.5 Å². The number of nitrogens with two attached hydrogens (primary N) is 1. The second-order valence-corrected chi connectivity index (χ2v) is 6.35. The molecule has 0 saturated carbocycles. The highest BCUT2D eigenvalue weighted by molar-refractivity contribution is 9.10. The molecule has 9 heteroatoms. The van der Waals surface area contributed by atoms with Gasteiger partial charge in [-0.2, -0.15) is 5.26 Å². The lowest BCUT2D eigenvalue weighted by atomic mass is 10.3. The molecule has 7 nitrogen and oxygen atoms in total. The van der Waals surface area contributed by atoms with Crippen LogP contribution in [0.15, 0.2) is 33.5 Å². The van der Waals surface area contributed by atoms with Crippen molar-refractivity contribution in [1.29, 1.82) is 5.26 Å². The van der Waals surface area contributed by atoms with Crippen LogP contribution in [0.25, 0.3) is 17.3 Å². The van der Waals surface area contributed by atoms with E-state index >= 15 is 0 Å². The number of thiazole rings is 1. The zero-order valence-electron chi connectivity index (χ0n) is 12.3. The van der Waals surface area contributed by atoms with Crippen molar-refractivity contribution in [3.05, 3.63) is 48.3 Å². The summed E-state index contributed by atoms with van der Waals surface area (Å²) in [4.78, 5) is 35.5. The molecule has 1 heterocycles. The molecular formula is C15H10BrN3O4S. The molecule has 0 bridgehead atoms. The summed E-state index contributed by atoms with van der Waals surface area (Å²) in [5, 5.41) is 9.19. The van der Waals surface area contributed by atoms with Gasteiger partial charge in [-0.05, 0) is 24.3 Å². The summed E-state index contributed by atoms with van der Waals surface area (Å²) in [7, 11) is 1.18.